The molecule has 0 spiro atoms. The van der Waals surface area contributed by atoms with E-state index in [1.165, 1.54) is 30.8 Å². The molecule has 27 heavy (non-hydrogen) atoms. The molecular weight excluding hydrogens is 383 g/mol. The van der Waals surface area contributed by atoms with Gasteiger partial charge in [-0.1, -0.05) is 17.8 Å². The van der Waals surface area contributed by atoms with Crippen LogP contribution in [0.25, 0.3) is 5.69 Å². The average Bonchev–Trinajstić information content (AvgIpc) is 3.08. The molecule has 0 fully saturated rings. The molecule has 0 aliphatic carbocycles. The van der Waals surface area contributed by atoms with Crippen LogP contribution in [0, 0.1) is 0 Å². The number of amides is 1. The fourth-order valence-corrected chi connectivity index (χ4v) is 2.92. The number of rotatable bonds is 7. The number of nitrogens with zero attached hydrogens (tertiary/aromatic N) is 3. The third-order valence-electron chi connectivity index (χ3n) is 3.44. The number of hydrogen-bond donors (Lipinski definition) is 0. The van der Waals surface area contributed by atoms with Gasteiger partial charge in [0, 0.05) is 23.6 Å². The molecule has 1 heterocycles. The zero-order chi connectivity index (χ0) is 20.0. The summed E-state index contributed by atoms with van der Waals surface area (Å²) in [6, 6.07) is 6.12. The molecule has 0 unspecified atom stereocenters. The minimum atomic E-state index is -4.64. The van der Waals surface area contributed by atoms with Crippen LogP contribution in [0.3, 0.4) is 0 Å². The number of aromatic nitrogens is 2. The highest BCUT2D eigenvalue weighted by Gasteiger charge is 2.34. The first-order chi connectivity index (χ1) is 12.7. The molecule has 146 valence electrons. The van der Waals surface area contributed by atoms with E-state index in [1.807, 2.05) is 6.26 Å². The molecule has 10 heteroatoms. The number of carbonyl (C=O) groups excluding carboxylic acids is 2. The smallest absolute Gasteiger partial charge is 0.406 e. The van der Waals surface area contributed by atoms with Gasteiger partial charge in [0.25, 0.3) is 5.91 Å². The van der Waals surface area contributed by atoms with E-state index in [-0.39, 0.29) is 12.2 Å². The predicted octanol–water partition coefficient (Wildman–Crippen LogP) is 3.16. The van der Waals surface area contributed by atoms with Gasteiger partial charge >= 0.3 is 12.1 Å². The molecule has 1 amide bonds. The lowest BCUT2D eigenvalue weighted by atomic mass is 10.1. The number of thioether (sulfide) groups is 1. The Morgan fingerprint density at radius 1 is 1.33 bits per heavy atom. The van der Waals surface area contributed by atoms with E-state index < -0.39 is 31.1 Å². The van der Waals surface area contributed by atoms with Crippen molar-refractivity contribution in [1.82, 2.24) is 14.5 Å². The Morgan fingerprint density at radius 3 is 2.70 bits per heavy atom. The molecular formula is C17H18F3N3O3S. The number of alkyl halides is 3. The summed E-state index contributed by atoms with van der Waals surface area (Å²) in [5, 5.41) is 0.665. The molecule has 0 aliphatic rings. The van der Waals surface area contributed by atoms with Gasteiger partial charge in [0.15, 0.2) is 5.16 Å². The minimum absolute atomic E-state index is 0.0143. The number of benzene rings is 1. The number of esters is 1. The van der Waals surface area contributed by atoms with Gasteiger partial charge in [-0.25, -0.2) is 4.98 Å². The van der Waals surface area contributed by atoms with Crippen molar-refractivity contribution < 1.29 is 27.5 Å². The first-order valence-electron chi connectivity index (χ1n) is 7.94. The summed E-state index contributed by atoms with van der Waals surface area (Å²) >= 11 is 1.39. The fraction of sp³-hybridized carbons (Fsp3) is 0.353. The summed E-state index contributed by atoms with van der Waals surface area (Å²) < 4.78 is 45.0. The second kappa shape index (κ2) is 8.94. The number of imidazole rings is 1. The van der Waals surface area contributed by atoms with Crippen LogP contribution < -0.4 is 0 Å². The van der Waals surface area contributed by atoms with Crippen LogP contribution in [0.1, 0.15) is 17.3 Å². The van der Waals surface area contributed by atoms with Crippen molar-refractivity contribution in [2.75, 3.05) is 26.0 Å². The molecule has 0 bridgehead atoms. The fourth-order valence-electron chi connectivity index (χ4n) is 2.39. The van der Waals surface area contributed by atoms with Crippen LogP contribution in [-0.2, 0) is 9.53 Å². The lowest BCUT2D eigenvalue weighted by Gasteiger charge is -2.23. The Bertz CT molecular complexity index is 808. The largest absolute Gasteiger partial charge is 0.465 e. The van der Waals surface area contributed by atoms with Gasteiger partial charge < -0.3 is 9.64 Å². The van der Waals surface area contributed by atoms with Gasteiger partial charge in [-0.2, -0.15) is 13.2 Å². The molecule has 6 nitrogen and oxygen atoms in total. The highest BCUT2D eigenvalue weighted by molar-refractivity contribution is 7.98. The lowest BCUT2D eigenvalue weighted by molar-refractivity contribution is -0.153. The van der Waals surface area contributed by atoms with Crippen LogP contribution in [0.4, 0.5) is 13.2 Å². The second-order valence-corrected chi connectivity index (χ2v) is 6.19. The normalized spacial score (nSPS) is 11.3. The van der Waals surface area contributed by atoms with Gasteiger partial charge in [-0.3, -0.25) is 14.2 Å². The predicted molar refractivity (Wildman–Crippen MR) is 93.9 cm³/mol. The molecule has 0 saturated carbocycles. The minimum Gasteiger partial charge on any atom is -0.465 e. The monoisotopic (exact) mass is 401 g/mol. The van der Waals surface area contributed by atoms with Crippen molar-refractivity contribution >= 4 is 23.6 Å². The summed E-state index contributed by atoms with van der Waals surface area (Å²) in [5.74, 6) is -1.81. The third-order valence-corrected chi connectivity index (χ3v) is 4.11. The molecule has 0 atom stereocenters. The van der Waals surface area contributed by atoms with E-state index >= 15 is 0 Å². The van der Waals surface area contributed by atoms with E-state index in [4.69, 9.17) is 0 Å². The van der Waals surface area contributed by atoms with Crippen LogP contribution in [0.15, 0.2) is 41.8 Å². The molecule has 0 radical (unpaired) electrons. The number of halogens is 3. The summed E-state index contributed by atoms with van der Waals surface area (Å²) in [7, 11) is 0. The van der Waals surface area contributed by atoms with Crippen LogP contribution in [0.2, 0.25) is 0 Å². The highest BCUT2D eigenvalue weighted by Crippen LogP contribution is 2.21. The van der Waals surface area contributed by atoms with Crippen molar-refractivity contribution in [1.29, 1.82) is 0 Å². The van der Waals surface area contributed by atoms with E-state index in [9.17, 15) is 22.8 Å². The van der Waals surface area contributed by atoms with Crippen molar-refractivity contribution in [2.24, 2.45) is 0 Å². The molecule has 0 N–H and O–H groups in total. The van der Waals surface area contributed by atoms with Gasteiger partial charge in [0.1, 0.15) is 13.1 Å². The first kappa shape index (κ1) is 20.8. The Kier molecular flexibility index (Phi) is 6.89. The van der Waals surface area contributed by atoms with Crippen LogP contribution >= 0.6 is 11.8 Å². The molecule has 1 aromatic heterocycles. The van der Waals surface area contributed by atoms with Crippen molar-refractivity contribution in [2.45, 2.75) is 18.3 Å². The van der Waals surface area contributed by atoms with Crippen molar-refractivity contribution in [3.8, 4) is 5.69 Å². The molecule has 2 rings (SSSR count). The van der Waals surface area contributed by atoms with Crippen LogP contribution in [0.5, 0.6) is 0 Å². The van der Waals surface area contributed by atoms with E-state index in [0.717, 1.165) is 0 Å². The Labute approximate surface area is 158 Å². The Balaban J connectivity index is 2.31. The van der Waals surface area contributed by atoms with E-state index in [2.05, 4.69) is 9.72 Å². The molecule has 0 saturated heterocycles. The zero-order valence-electron chi connectivity index (χ0n) is 14.7. The topological polar surface area (TPSA) is 64.4 Å². The van der Waals surface area contributed by atoms with Crippen molar-refractivity contribution in [3.63, 3.8) is 0 Å². The standard InChI is InChI=1S/C17H18F3N3O3S/c1-3-26-14(24)10-22(11-17(18,19)20)15(25)12-5-4-6-13(9-12)23-8-7-21-16(23)27-2/h4-9H,3,10-11H2,1-2H3. The maximum Gasteiger partial charge on any atom is 0.406 e. The molecule has 2 aromatic rings. The zero-order valence-corrected chi connectivity index (χ0v) is 15.5. The van der Waals surface area contributed by atoms with Gasteiger partial charge in [0.05, 0.1) is 6.61 Å². The average molecular weight is 401 g/mol. The number of ether oxygens (including phenoxy) is 1. The summed E-state index contributed by atoms with van der Waals surface area (Å²) in [5.41, 5.74) is 0.604. The van der Waals surface area contributed by atoms with Crippen molar-refractivity contribution in [3.05, 3.63) is 42.2 Å². The third kappa shape index (κ3) is 5.75. The molecule has 1 aromatic carbocycles. The Morgan fingerprint density at radius 2 is 2.07 bits per heavy atom. The van der Waals surface area contributed by atoms with Gasteiger partial charge in [-0.15, -0.1) is 0 Å². The van der Waals surface area contributed by atoms with Crippen LogP contribution in [-0.4, -0.2) is 58.5 Å². The second-order valence-electron chi connectivity index (χ2n) is 5.42. The number of carbonyl (C=O) groups is 2. The Hall–Kier alpha value is -2.49. The van der Waals surface area contributed by atoms with E-state index in [1.54, 1.807) is 29.1 Å². The quantitative estimate of drug-likeness (QED) is 0.527. The number of hydrogen-bond acceptors (Lipinski definition) is 5. The van der Waals surface area contributed by atoms with Gasteiger partial charge in [0.2, 0.25) is 0 Å². The van der Waals surface area contributed by atoms with E-state index in [0.29, 0.717) is 15.7 Å². The first-order valence-corrected chi connectivity index (χ1v) is 9.17. The highest BCUT2D eigenvalue weighted by atomic mass is 32.2. The summed E-state index contributed by atoms with van der Waals surface area (Å²) in [4.78, 5) is 28.8. The summed E-state index contributed by atoms with van der Waals surface area (Å²) in [6.07, 6.45) is 0.451. The lowest BCUT2D eigenvalue weighted by Crippen LogP contribution is -2.42. The van der Waals surface area contributed by atoms with Gasteiger partial charge in [-0.05, 0) is 31.4 Å². The maximum absolute atomic E-state index is 12.9. The maximum atomic E-state index is 12.9. The summed E-state index contributed by atoms with van der Waals surface area (Å²) in [6.45, 7) is -0.778. The molecule has 0 aliphatic heterocycles. The SMILES string of the molecule is CCOC(=O)CN(CC(F)(F)F)C(=O)c1cccc(-n2ccnc2SC)c1.